The summed E-state index contributed by atoms with van der Waals surface area (Å²) >= 11 is 0. The first-order valence-corrected chi connectivity index (χ1v) is 8.91. The van der Waals surface area contributed by atoms with Crippen LogP contribution in [0.2, 0.25) is 0 Å². The van der Waals surface area contributed by atoms with Crippen LogP contribution in [0.5, 0.6) is 5.75 Å². The van der Waals surface area contributed by atoms with Crippen LogP contribution in [-0.4, -0.2) is 42.5 Å². The van der Waals surface area contributed by atoms with Gasteiger partial charge < -0.3 is 10.5 Å². The maximum atomic E-state index is 13.6. The highest BCUT2D eigenvalue weighted by Crippen LogP contribution is 2.28. The van der Waals surface area contributed by atoms with Gasteiger partial charge in [0.1, 0.15) is 9.84 Å². The maximum absolute atomic E-state index is 13.6. The van der Waals surface area contributed by atoms with Crippen LogP contribution in [0.1, 0.15) is 0 Å². The van der Waals surface area contributed by atoms with E-state index in [1.54, 1.807) is 0 Å². The number of anilines is 1. The fourth-order valence-electron chi connectivity index (χ4n) is 1.40. The number of hydrogen-bond donors (Lipinski definition) is 2. The van der Waals surface area contributed by atoms with Gasteiger partial charge in [-0.25, -0.2) is 25.9 Å². The van der Waals surface area contributed by atoms with Crippen molar-refractivity contribution in [2.24, 2.45) is 0 Å². The van der Waals surface area contributed by atoms with E-state index in [1.165, 1.54) is 7.11 Å². The molecule has 0 spiro atoms. The molecule has 1 aromatic rings. The standard InChI is InChI=1S/C10H15FN2O5S2/c1-18-10-8(11)5-7(6-9(10)12)20(16,17)13-3-4-19(2,14)15/h5-6,13H,3-4,12H2,1-2H3. The van der Waals surface area contributed by atoms with Crippen molar-refractivity contribution < 1.29 is 26.0 Å². The molecule has 0 amide bonds. The van der Waals surface area contributed by atoms with E-state index in [2.05, 4.69) is 9.46 Å². The highest BCUT2D eigenvalue weighted by atomic mass is 32.2. The number of sulfonamides is 1. The Balaban J connectivity index is 2.99. The minimum absolute atomic E-state index is 0.170. The molecule has 0 aromatic heterocycles. The zero-order chi connectivity index (χ0) is 15.6. The van der Waals surface area contributed by atoms with Crippen LogP contribution in [0.3, 0.4) is 0 Å². The monoisotopic (exact) mass is 326 g/mol. The largest absolute Gasteiger partial charge is 0.492 e. The van der Waals surface area contributed by atoms with Crippen molar-refractivity contribution in [3.05, 3.63) is 17.9 Å². The normalized spacial score (nSPS) is 12.3. The molecule has 0 aliphatic carbocycles. The lowest BCUT2D eigenvalue weighted by molar-refractivity contribution is 0.388. The Bertz CT molecular complexity index is 677. The average Bonchev–Trinajstić information content (AvgIpc) is 2.26. The van der Waals surface area contributed by atoms with Gasteiger partial charge >= 0.3 is 0 Å². The van der Waals surface area contributed by atoms with E-state index in [4.69, 9.17) is 5.73 Å². The molecule has 0 bridgehead atoms. The molecule has 0 heterocycles. The Hall–Kier alpha value is -1.39. The smallest absolute Gasteiger partial charge is 0.240 e. The van der Waals surface area contributed by atoms with Gasteiger partial charge in [0.2, 0.25) is 10.0 Å². The molecule has 0 aliphatic heterocycles. The van der Waals surface area contributed by atoms with Crippen LogP contribution >= 0.6 is 0 Å². The molecule has 0 radical (unpaired) electrons. The molecule has 10 heteroatoms. The zero-order valence-electron chi connectivity index (χ0n) is 10.9. The summed E-state index contributed by atoms with van der Waals surface area (Å²) in [5.41, 5.74) is 5.30. The van der Waals surface area contributed by atoms with Crippen molar-refractivity contribution in [3.63, 3.8) is 0 Å². The van der Waals surface area contributed by atoms with Crippen molar-refractivity contribution in [3.8, 4) is 5.75 Å². The summed E-state index contributed by atoms with van der Waals surface area (Å²) < 4.78 is 65.8. The van der Waals surface area contributed by atoms with Gasteiger partial charge in [0.15, 0.2) is 11.6 Å². The van der Waals surface area contributed by atoms with Crippen LogP contribution in [-0.2, 0) is 19.9 Å². The summed E-state index contributed by atoms with van der Waals surface area (Å²) in [7, 11) is -6.14. The predicted molar refractivity (Wildman–Crippen MR) is 72.3 cm³/mol. The molecular formula is C10H15FN2O5S2. The molecule has 20 heavy (non-hydrogen) atoms. The van der Waals surface area contributed by atoms with Gasteiger partial charge in [-0.15, -0.1) is 0 Å². The Labute approximate surface area is 116 Å². The molecule has 1 aromatic carbocycles. The average molecular weight is 326 g/mol. The first-order valence-electron chi connectivity index (χ1n) is 5.37. The molecular weight excluding hydrogens is 311 g/mol. The number of hydrogen-bond acceptors (Lipinski definition) is 6. The topological polar surface area (TPSA) is 116 Å². The van der Waals surface area contributed by atoms with Gasteiger partial charge in [0.25, 0.3) is 0 Å². The first kappa shape index (κ1) is 16.7. The summed E-state index contributed by atoms with van der Waals surface area (Å²) in [6, 6.07) is 1.78. The van der Waals surface area contributed by atoms with E-state index < -0.39 is 30.6 Å². The lowest BCUT2D eigenvalue weighted by Gasteiger charge is -2.10. The number of ether oxygens (including phenoxy) is 1. The zero-order valence-corrected chi connectivity index (χ0v) is 12.5. The first-order chi connectivity index (χ1) is 9.07. The SMILES string of the molecule is COc1c(N)cc(S(=O)(=O)NCCS(C)(=O)=O)cc1F. The number of sulfone groups is 1. The fourth-order valence-corrected chi connectivity index (χ4v) is 3.08. The second-order valence-electron chi connectivity index (χ2n) is 4.06. The molecule has 0 unspecified atom stereocenters. The molecule has 7 nitrogen and oxygen atoms in total. The fraction of sp³-hybridized carbons (Fsp3) is 0.400. The number of benzene rings is 1. The summed E-state index contributed by atoms with van der Waals surface area (Å²) in [4.78, 5) is -0.401. The number of methoxy groups -OCH3 is 1. The quantitative estimate of drug-likeness (QED) is 0.696. The number of nitrogens with one attached hydrogen (secondary N) is 1. The Morgan fingerprint density at radius 2 is 1.90 bits per heavy atom. The van der Waals surface area contributed by atoms with E-state index in [1.807, 2.05) is 0 Å². The Kier molecular flexibility index (Phi) is 4.95. The van der Waals surface area contributed by atoms with E-state index in [-0.39, 0.29) is 23.7 Å². The second-order valence-corrected chi connectivity index (χ2v) is 8.08. The highest BCUT2D eigenvalue weighted by molar-refractivity contribution is 7.91. The molecule has 1 rings (SSSR count). The third-order valence-electron chi connectivity index (χ3n) is 2.33. The number of nitrogen functional groups attached to an aromatic ring is 1. The molecule has 0 fully saturated rings. The lowest BCUT2D eigenvalue weighted by atomic mass is 10.3. The van der Waals surface area contributed by atoms with E-state index in [0.29, 0.717) is 0 Å². The third kappa shape index (κ3) is 4.32. The van der Waals surface area contributed by atoms with E-state index in [0.717, 1.165) is 18.4 Å². The summed E-state index contributed by atoms with van der Waals surface area (Å²) in [6.07, 6.45) is 0.979. The van der Waals surface area contributed by atoms with Crippen molar-refractivity contribution in [2.75, 3.05) is 31.4 Å². The van der Waals surface area contributed by atoms with Crippen LogP contribution in [0.4, 0.5) is 10.1 Å². The maximum Gasteiger partial charge on any atom is 0.240 e. The Morgan fingerprint density at radius 3 is 2.35 bits per heavy atom. The minimum Gasteiger partial charge on any atom is -0.492 e. The van der Waals surface area contributed by atoms with Crippen molar-refractivity contribution in [2.45, 2.75) is 4.90 Å². The van der Waals surface area contributed by atoms with Crippen LogP contribution in [0, 0.1) is 5.82 Å². The van der Waals surface area contributed by atoms with Gasteiger partial charge in [0, 0.05) is 12.8 Å². The van der Waals surface area contributed by atoms with Crippen molar-refractivity contribution >= 4 is 25.5 Å². The molecule has 0 atom stereocenters. The van der Waals surface area contributed by atoms with Crippen LogP contribution in [0.25, 0.3) is 0 Å². The minimum atomic E-state index is -4.04. The number of rotatable bonds is 6. The van der Waals surface area contributed by atoms with Crippen LogP contribution in [0.15, 0.2) is 17.0 Å². The third-order valence-corrected chi connectivity index (χ3v) is 4.71. The van der Waals surface area contributed by atoms with E-state index >= 15 is 0 Å². The van der Waals surface area contributed by atoms with Gasteiger partial charge in [-0.05, 0) is 12.1 Å². The summed E-state index contributed by atoms with van der Waals surface area (Å²) in [5.74, 6) is -1.53. The number of nitrogens with two attached hydrogens (primary N) is 1. The highest BCUT2D eigenvalue weighted by Gasteiger charge is 2.19. The summed E-state index contributed by atoms with van der Waals surface area (Å²) in [6.45, 7) is -0.311. The second kappa shape index (κ2) is 5.94. The lowest BCUT2D eigenvalue weighted by Crippen LogP contribution is -2.29. The van der Waals surface area contributed by atoms with Crippen molar-refractivity contribution in [1.82, 2.24) is 4.72 Å². The molecule has 3 N–H and O–H groups in total. The molecule has 0 aliphatic rings. The summed E-state index contributed by atoms with van der Waals surface area (Å²) in [5, 5.41) is 0. The Morgan fingerprint density at radius 1 is 1.30 bits per heavy atom. The molecule has 0 saturated carbocycles. The number of halogens is 1. The van der Waals surface area contributed by atoms with Crippen molar-refractivity contribution in [1.29, 1.82) is 0 Å². The van der Waals surface area contributed by atoms with Gasteiger partial charge in [-0.1, -0.05) is 0 Å². The van der Waals surface area contributed by atoms with Gasteiger partial charge in [-0.3, -0.25) is 0 Å². The predicted octanol–water partition coefficient (Wildman–Crippen LogP) is -0.261. The van der Waals surface area contributed by atoms with E-state index in [9.17, 15) is 21.2 Å². The molecule has 0 saturated heterocycles. The molecule has 114 valence electrons. The van der Waals surface area contributed by atoms with Gasteiger partial charge in [0.05, 0.1) is 23.4 Å². The van der Waals surface area contributed by atoms with Crippen LogP contribution < -0.4 is 15.2 Å². The van der Waals surface area contributed by atoms with Gasteiger partial charge in [-0.2, -0.15) is 0 Å².